The molecule has 0 amide bonds. The van der Waals surface area contributed by atoms with E-state index in [4.69, 9.17) is 4.52 Å². The first kappa shape index (κ1) is 12.7. The maximum atomic E-state index is 9.99. The Morgan fingerprint density at radius 3 is 2.95 bits per heavy atom. The highest BCUT2D eigenvalue weighted by Gasteiger charge is 2.29. The molecule has 0 aliphatic heterocycles. The Bertz CT molecular complexity index is 552. The lowest BCUT2D eigenvalue weighted by atomic mass is 9.86. The first-order valence-corrected chi connectivity index (χ1v) is 7.52. The summed E-state index contributed by atoms with van der Waals surface area (Å²) < 4.78 is 5.31. The minimum atomic E-state index is -0.343. The first-order valence-electron chi connectivity index (χ1n) is 6.64. The molecule has 2 unspecified atom stereocenters. The maximum Gasteiger partial charge on any atom is 0.232 e. The van der Waals surface area contributed by atoms with Gasteiger partial charge in [0.15, 0.2) is 5.82 Å². The summed E-state index contributed by atoms with van der Waals surface area (Å²) in [5.74, 6) is 1.24. The van der Waals surface area contributed by atoms with Crippen molar-refractivity contribution in [2.45, 2.75) is 51.0 Å². The Balaban J connectivity index is 1.72. The van der Waals surface area contributed by atoms with Gasteiger partial charge in [0, 0.05) is 11.1 Å². The normalized spacial score (nSPS) is 23.7. The molecule has 1 N–H and O–H groups in total. The lowest BCUT2D eigenvalue weighted by Gasteiger charge is -2.24. The van der Waals surface area contributed by atoms with E-state index in [1.807, 2.05) is 12.3 Å². The third kappa shape index (κ3) is 2.84. The van der Waals surface area contributed by atoms with Crippen LogP contribution < -0.4 is 0 Å². The third-order valence-electron chi connectivity index (χ3n) is 3.51. The Morgan fingerprint density at radius 1 is 1.37 bits per heavy atom. The van der Waals surface area contributed by atoms with Crippen molar-refractivity contribution in [3.05, 3.63) is 27.8 Å². The van der Waals surface area contributed by atoms with Crippen molar-refractivity contribution in [3.63, 3.8) is 0 Å². The van der Waals surface area contributed by atoms with Gasteiger partial charge in [-0.1, -0.05) is 18.0 Å². The minimum Gasteiger partial charge on any atom is -0.392 e. The van der Waals surface area contributed by atoms with E-state index in [1.165, 1.54) is 0 Å². The number of aliphatic hydroxyl groups excluding tert-OH is 1. The van der Waals surface area contributed by atoms with E-state index >= 15 is 0 Å². The summed E-state index contributed by atoms with van der Waals surface area (Å²) in [6.45, 7) is 1.97. The summed E-state index contributed by atoms with van der Waals surface area (Å²) in [4.78, 5) is 8.81. The molecule has 3 rings (SSSR count). The number of thiazole rings is 1. The third-order valence-corrected chi connectivity index (χ3v) is 4.47. The van der Waals surface area contributed by atoms with Crippen LogP contribution in [0.4, 0.5) is 0 Å². The highest BCUT2D eigenvalue weighted by atomic mass is 32.1. The maximum absolute atomic E-state index is 9.99. The second-order valence-electron chi connectivity index (χ2n) is 5.07. The topological polar surface area (TPSA) is 72.0 Å². The zero-order valence-corrected chi connectivity index (χ0v) is 11.7. The van der Waals surface area contributed by atoms with Gasteiger partial charge in [-0.05, 0) is 19.8 Å². The monoisotopic (exact) mass is 279 g/mol. The van der Waals surface area contributed by atoms with E-state index < -0.39 is 0 Å². The van der Waals surface area contributed by atoms with Gasteiger partial charge in [-0.2, -0.15) is 4.98 Å². The summed E-state index contributed by atoms with van der Waals surface area (Å²) in [5, 5.41) is 17.0. The largest absolute Gasteiger partial charge is 0.392 e. The Kier molecular flexibility index (Phi) is 3.61. The van der Waals surface area contributed by atoms with E-state index in [-0.39, 0.29) is 12.0 Å². The number of rotatable bonds is 3. The van der Waals surface area contributed by atoms with Crippen LogP contribution in [-0.2, 0) is 6.42 Å². The molecule has 5 nitrogen and oxygen atoms in total. The molecule has 0 spiro atoms. The quantitative estimate of drug-likeness (QED) is 0.934. The lowest BCUT2D eigenvalue weighted by molar-refractivity contribution is 0.0908. The van der Waals surface area contributed by atoms with Gasteiger partial charge in [0.05, 0.1) is 18.4 Å². The van der Waals surface area contributed by atoms with Gasteiger partial charge >= 0.3 is 0 Å². The molecule has 2 atom stereocenters. The molecule has 0 saturated heterocycles. The second-order valence-corrected chi connectivity index (χ2v) is 6.01. The van der Waals surface area contributed by atoms with Gasteiger partial charge in [-0.3, -0.25) is 0 Å². The Morgan fingerprint density at radius 2 is 2.21 bits per heavy atom. The van der Waals surface area contributed by atoms with Crippen LogP contribution in [0.1, 0.15) is 54.0 Å². The summed E-state index contributed by atoms with van der Waals surface area (Å²) in [6.07, 6.45) is 4.21. The molecule has 2 aromatic rings. The summed E-state index contributed by atoms with van der Waals surface area (Å²) in [7, 11) is 0. The molecule has 1 saturated carbocycles. The molecule has 2 aromatic heterocycles. The van der Waals surface area contributed by atoms with Crippen LogP contribution in [0.5, 0.6) is 0 Å². The fourth-order valence-electron chi connectivity index (χ4n) is 2.51. The Hall–Kier alpha value is -1.27. The van der Waals surface area contributed by atoms with E-state index in [0.717, 1.165) is 36.4 Å². The zero-order chi connectivity index (χ0) is 13.2. The predicted molar refractivity (Wildman–Crippen MR) is 71.2 cm³/mol. The Labute approximate surface area is 115 Å². The SMILES string of the molecule is Cc1csc(Cc2noc(C3CCCCC3O)n2)n1. The van der Waals surface area contributed by atoms with Crippen LogP contribution in [-0.4, -0.2) is 26.3 Å². The van der Waals surface area contributed by atoms with E-state index in [2.05, 4.69) is 15.1 Å². The van der Waals surface area contributed by atoms with Gasteiger partial charge in [0.1, 0.15) is 5.01 Å². The van der Waals surface area contributed by atoms with Crippen LogP contribution in [0, 0.1) is 6.92 Å². The summed E-state index contributed by atoms with van der Waals surface area (Å²) in [6, 6.07) is 0. The van der Waals surface area contributed by atoms with Crippen LogP contribution in [0.25, 0.3) is 0 Å². The van der Waals surface area contributed by atoms with Gasteiger partial charge in [-0.15, -0.1) is 11.3 Å². The molecule has 2 heterocycles. The molecule has 19 heavy (non-hydrogen) atoms. The molecule has 0 bridgehead atoms. The van der Waals surface area contributed by atoms with Crippen molar-refractivity contribution < 1.29 is 9.63 Å². The highest BCUT2D eigenvalue weighted by molar-refractivity contribution is 7.09. The number of hydrogen-bond donors (Lipinski definition) is 1. The van der Waals surface area contributed by atoms with Crippen LogP contribution in [0.2, 0.25) is 0 Å². The molecular formula is C13H17N3O2S. The standard InChI is InChI=1S/C13H17N3O2S/c1-8-7-19-12(14-8)6-11-15-13(18-16-11)9-4-2-3-5-10(9)17/h7,9-10,17H,2-6H2,1H3. The summed E-state index contributed by atoms with van der Waals surface area (Å²) in [5.41, 5.74) is 1.02. The van der Waals surface area contributed by atoms with Crippen LogP contribution >= 0.6 is 11.3 Å². The lowest BCUT2D eigenvalue weighted by Crippen LogP contribution is -2.22. The van der Waals surface area contributed by atoms with Crippen molar-refractivity contribution in [2.24, 2.45) is 0 Å². The van der Waals surface area contributed by atoms with Crippen molar-refractivity contribution >= 4 is 11.3 Å². The molecule has 102 valence electrons. The number of aromatic nitrogens is 3. The average molecular weight is 279 g/mol. The van der Waals surface area contributed by atoms with Gasteiger partial charge in [0.25, 0.3) is 0 Å². The second kappa shape index (κ2) is 5.38. The molecule has 1 aliphatic rings. The van der Waals surface area contributed by atoms with E-state index in [0.29, 0.717) is 18.1 Å². The first-order chi connectivity index (χ1) is 9.22. The molecule has 0 aromatic carbocycles. The van der Waals surface area contributed by atoms with Gasteiger partial charge in [0.2, 0.25) is 5.89 Å². The molecule has 1 aliphatic carbocycles. The molecule has 1 fully saturated rings. The van der Waals surface area contributed by atoms with Crippen LogP contribution in [0.15, 0.2) is 9.90 Å². The molecule has 0 radical (unpaired) electrons. The number of aliphatic hydroxyl groups is 1. The molecule has 6 heteroatoms. The highest BCUT2D eigenvalue weighted by Crippen LogP contribution is 2.32. The van der Waals surface area contributed by atoms with Gasteiger partial charge in [-0.25, -0.2) is 4.98 Å². The number of hydrogen-bond acceptors (Lipinski definition) is 6. The van der Waals surface area contributed by atoms with E-state index in [1.54, 1.807) is 11.3 Å². The zero-order valence-electron chi connectivity index (χ0n) is 10.9. The fourth-order valence-corrected chi connectivity index (χ4v) is 3.28. The molecular weight excluding hydrogens is 262 g/mol. The smallest absolute Gasteiger partial charge is 0.232 e. The fraction of sp³-hybridized carbons (Fsp3) is 0.615. The average Bonchev–Trinajstić information content (AvgIpc) is 3.00. The number of nitrogens with zero attached hydrogens (tertiary/aromatic N) is 3. The summed E-state index contributed by atoms with van der Waals surface area (Å²) >= 11 is 1.61. The minimum absolute atomic E-state index is 0.00744. The van der Waals surface area contributed by atoms with Crippen molar-refractivity contribution in [2.75, 3.05) is 0 Å². The van der Waals surface area contributed by atoms with Crippen molar-refractivity contribution in [3.8, 4) is 0 Å². The van der Waals surface area contributed by atoms with E-state index in [9.17, 15) is 5.11 Å². The number of aryl methyl sites for hydroxylation is 1. The van der Waals surface area contributed by atoms with Gasteiger partial charge < -0.3 is 9.63 Å². The van der Waals surface area contributed by atoms with Crippen molar-refractivity contribution in [1.82, 2.24) is 15.1 Å². The predicted octanol–water partition coefficient (Wildman–Crippen LogP) is 2.44. The van der Waals surface area contributed by atoms with Crippen molar-refractivity contribution in [1.29, 1.82) is 0 Å². The van der Waals surface area contributed by atoms with Crippen LogP contribution in [0.3, 0.4) is 0 Å².